The molecule has 0 aliphatic rings. The smallest absolute Gasteiger partial charge is 0.172 e. The molecule has 35 heavy (non-hydrogen) atoms. The Kier molecular flexibility index (Phi) is 6.26. The number of methoxy groups -OCH3 is 1. The number of fused-ring (bicyclic) bond motifs is 1. The van der Waals surface area contributed by atoms with Crippen molar-refractivity contribution in [2.45, 2.75) is 31.8 Å². The minimum absolute atomic E-state index is 0.738. The summed E-state index contributed by atoms with van der Waals surface area (Å²) in [6, 6.07) is 14.4. The number of furan rings is 1. The molecule has 178 valence electrons. The lowest BCUT2D eigenvalue weighted by Gasteiger charge is -2.06. The van der Waals surface area contributed by atoms with Crippen LogP contribution in [-0.4, -0.2) is 26.6 Å². The molecule has 0 spiro atoms. The highest BCUT2D eigenvalue weighted by Gasteiger charge is 2.16. The van der Waals surface area contributed by atoms with E-state index >= 15 is 0 Å². The van der Waals surface area contributed by atoms with Gasteiger partial charge in [0.15, 0.2) is 10.9 Å². The van der Waals surface area contributed by atoms with E-state index in [-0.39, 0.29) is 0 Å². The van der Waals surface area contributed by atoms with Crippen molar-refractivity contribution in [1.29, 1.82) is 0 Å². The first kappa shape index (κ1) is 23.1. The maximum Gasteiger partial charge on any atom is 0.172 e. The number of thioether (sulfide) groups is 1. The second-order valence-corrected chi connectivity index (χ2v) is 10.0. The molecule has 5 aromatic rings. The summed E-state index contributed by atoms with van der Waals surface area (Å²) in [6.45, 7) is 8.04. The zero-order valence-corrected chi connectivity index (χ0v) is 21.2. The van der Waals surface area contributed by atoms with E-state index in [0.717, 1.165) is 73.7 Å². The molecule has 1 N–H and O–H groups in total. The van der Waals surface area contributed by atoms with Gasteiger partial charge in [-0.05, 0) is 55.4 Å². The Morgan fingerprint density at radius 3 is 2.83 bits per heavy atom. The molecule has 0 aliphatic heterocycles. The lowest BCUT2D eigenvalue weighted by molar-refractivity contribution is 0.414. The Balaban J connectivity index is 1.42. The first-order chi connectivity index (χ1) is 16.9. The number of hydrogen-bond acceptors (Lipinski definition) is 5. The zero-order chi connectivity index (χ0) is 24.5. The van der Waals surface area contributed by atoms with Gasteiger partial charge in [0.05, 0.1) is 7.11 Å². The van der Waals surface area contributed by atoms with Gasteiger partial charge in [0, 0.05) is 42.2 Å². The van der Waals surface area contributed by atoms with E-state index in [9.17, 15) is 0 Å². The summed E-state index contributed by atoms with van der Waals surface area (Å²) in [5, 5.41) is 1.95. The highest BCUT2D eigenvalue weighted by atomic mass is 32.2. The largest absolute Gasteiger partial charge is 0.497 e. The van der Waals surface area contributed by atoms with E-state index in [2.05, 4.69) is 59.9 Å². The number of benzene rings is 2. The number of aromatic amines is 1. The van der Waals surface area contributed by atoms with Crippen LogP contribution in [0.3, 0.4) is 0 Å². The van der Waals surface area contributed by atoms with Crippen molar-refractivity contribution in [3.8, 4) is 28.6 Å². The van der Waals surface area contributed by atoms with E-state index < -0.39 is 0 Å². The van der Waals surface area contributed by atoms with Gasteiger partial charge in [0.25, 0.3) is 0 Å². The number of imidazole rings is 2. The Morgan fingerprint density at radius 1 is 1.20 bits per heavy atom. The van der Waals surface area contributed by atoms with Crippen LogP contribution in [0.15, 0.2) is 75.9 Å². The van der Waals surface area contributed by atoms with Crippen molar-refractivity contribution in [1.82, 2.24) is 19.5 Å². The van der Waals surface area contributed by atoms with Crippen LogP contribution in [0, 0.1) is 6.92 Å². The second-order valence-electron chi connectivity index (χ2n) is 8.76. The molecule has 0 aliphatic carbocycles. The Hall–Kier alpha value is -3.71. The van der Waals surface area contributed by atoms with Gasteiger partial charge in [-0.15, -0.1) is 0 Å². The summed E-state index contributed by atoms with van der Waals surface area (Å²) in [5.74, 6) is 2.41. The summed E-state index contributed by atoms with van der Waals surface area (Å²) >= 11 is 1.55. The highest BCUT2D eigenvalue weighted by molar-refractivity contribution is 8.02. The number of allylic oxidation sites excluding steroid dienone is 1. The van der Waals surface area contributed by atoms with Crippen LogP contribution >= 0.6 is 11.8 Å². The number of aromatic nitrogens is 4. The first-order valence-electron chi connectivity index (χ1n) is 11.5. The maximum absolute atomic E-state index is 6.23. The van der Waals surface area contributed by atoms with Crippen LogP contribution in [0.2, 0.25) is 0 Å². The fourth-order valence-corrected chi connectivity index (χ4v) is 4.80. The minimum atomic E-state index is 0.738. The molecule has 3 heterocycles. The highest BCUT2D eigenvalue weighted by Crippen LogP contribution is 2.35. The average molecular weight is 485 g/mol. The number of aryl methyl sites for hydroxylation is 4. The normalized spacial score (nSPS) is 11.3. The summed E-state index contributed by atoms with van der Waals surface area (Å²) in [5.41, 5.74) is 6.15. The molecule has 2 aromatic carbocycles. The molecule has 0 atom stereocenters. The molecule has 0 saturated carbocycles. The van der Waals surface area contributed by atoms with Gasteiger partial charge in [0.2, 0.25) is 0 Å². The van der Waals surface area contributed by atoms with Crippen LogP contribution in [-0.2, 0) is 19.9 Å². The second kappa shape index (κ2) is 9.50. The van der Waals surface area contributed by atoms with Crippen molar-refractivity contribution in [2.75, 3.05) is 7.11 Å². The summed E-state index contributed by atoms with van der Waals surface area (Å²) in [7, 11) is 3.66. The van der Waals surface area contributed by atoms with Crippen LogP contribution in [0.1, 0.15) is 23.7 Å². The molecule has 3 aromatic heterocycles. The van der Waals surface area contributed by atoms with Crippen LogP contribution in [0.5, 0.6) is 5.75 Å². The van der Waals surface area contributed by atoms with Crippen molar-refractivity contribution in [3.05, 3.63) is 83.2 Å². The Bertz CT molecular complexity index is 1530. The predicted molar refractivity (Wildman–Crippen MR) is 142 cm³/mol. The van der Waals surface area contributed by atoms with Gasteiger partial charge in [-0.1, -0.05) is 42.1 Å². The maximum atomic E-state index is 6.23. The first-order valence-corrected chi connectivity index (χ1v) is 12.3. The summed E-state index contributed by atoms with van der Waals surface area (Å²) < 4.78 is 13.8. The minimum Gasteiger partial charge on any atom is -0.497 e. The van der Waals surface area contributed by atoms with E-state index in [1.807, 2.05) is 37.0 Å². The molecule has 0 fully saturated rings. The standard InChI is InChI=1S/C28H28N4O2S/c1-17(2)35-28-31-24(16-32(28)4)26-14-23-19(12-22(33-5)13-25(23)34-26)9-10-21-15-29-27(30-21)20-8-6-7-18(3)11-20/h6-8,11-16H,1,9-10H2,2-5H3,(H,29,30). The molecule has 0 amide bonds. The third-order valence-electron chi connectivity index (χ3n) is 5.87. The van der Waals surface area contributed by atoms with Crippen molar-refractivity contribution < 1.29 is 9.15 Å². The molecule has 7 heteroatoms. The Labute approximate surface area is 209 Å². The van der Waals surface area contributed by atoms with E-state index in [1.165, 1.54) is 5.56 Å². The van der Waals surface area contributed by atoms with Gasteiger partial charge in [0.1, 0.15) is 22.9 Å². The fourth-order valence-electron chi connectivity index (χ4n) is 4.15. The monoisotopic (exact) mass is 484 g/mol. The lowest BCUT2D eigenvalue weighted by Crippen LogP contribution is -1.94. The van der Waals surface area contributed by atoms with E-state index in [0.29, 0.717) is 0 Å². The van der Waals surface area contributed by atoms with Crippen LogP contribution < -0.4 is 4.74 Å². The molecule has 0 unspecified atom stereocenters. The Morgan fingerprint density at radius 2 is 2.06 bits per heavy atom. The van der Waals surface area contributed by atoms with E-state index in [4.69, 9.17) is 14.1 Å². The molecule has 5 rings (SSSR count). The van der Waals surface area contributed by atoms with Gasteiger partial charge < -0.3 is 18.7 Å². The molecule has 0 radical (unpaired) electrons. The number of H-pyrrole nitrogens is 1. The topological polar surface area (TPSA) is 68.9 Å². The van der Waals surface area contributed by atoms with Gasteiger partial charge in [-0.2, -0.15) is 0 Å². The molecule has 0 bridgehead atoms. The van der Waals surface area contributed by atoms with Gasteiger partial charge >= 0.3 is 0 Å². The van der Waals surface area contributed by atoms with Crippen LogP contribution in [0.4, 0.5) is 0 Å². The van der Waals surface area contributed by atoms with Gasteiger partial charge in [-0.3, -0.25) is 0 Å². The van der Waals surface area contributed by atoms with Crippen molar-refractivity contribution in [3.63, 3.8) is 0 Å². The molecule has 6 nitrogen and oxygen atoms in total. The quantitative estimate of drug-likeness (QED) is 0.241. The van der Waals surface area contributed by atoms with E-state index in [1.54, 1.807) is 18.9 Å². The summed E-state index contributed by atoms with van der Waals surface area (Å²) in [6.07, 6.45) is 5.55. The third-order valence-corrected chi connectivity index (χ3v) is 6.78. The van der Waals surface area contributed by atoms with Crippen molar-refractivity contribution >= 4 is 22.7 Å². The SMILES string of the molecule is C=C(C)Sc1nc(-c2cc3c(CCc4cnc(-c5cccc(C)c5)[nH]4)cc(OC)cc3o2)cn1C. The number of nitrogens with zero attached hydrogens (tertiary/aromatic N) is 3. The van der Waals surface area contributed by atoms with Crippen molar-refractivity contribution in [2.24, 2.45) is 7.05 Å². The molecule has 0 saturated heterocycles. The summed E-state index contributed by atoms with van der Waals surface area (Å²) in [4.78, 5) is 13.8. The fraction of sp³-hybridized carbons (Fsp3) is 0.214. The average Bonchev–Trinajstić information content (AvgIpc) is 3.56. The number of ether oxygens (including phenoxy) is 1. The number of hydrogen-bond donors (Lipinski definition) is 1. The van der Waals surface area contributed by atoms with Crippen LogP contribution in [0.25, 0.3) is 33.8 Å². The molecular formula is C28H28N4O2S. The van der Waals surface area contributed by atoms with Gasteiger partial charge in [-0.25, -0.2) is 9.97 Å². The molecular weight excluding hydrogens is 456 g/mol. The number of rotatable bonds is 8. The number of nitrogens with one attached hydrogen (secondary N) is 1. The third kappa shape index (κ3) is 4.91. The lowest BCUT2D eigenvalue weighted by atomic mass is 10.0. The zero-order valence-electron chi connectivity index (χ0n) is 20.4. The predicted octanol–water partition coefficient (Wildman–Crippen LogP) is 6.95.